The van der Waals surface area contributed by atoms with Crippen LogP contribution in [-0.2, 0) is 0 Å². The second-order valence-corrected chi connectivity index (χ2v) is 2.67. The van der Waals surface area contributed by atoms with E-state index >= 15 is 0 Å². The Bertz CT molecular complexity index is 541. The Balaban J connectivity index is 2.84. The van der Waals surface area contributed by atoms with E-state index in [2.05, 4.69) is 15.0 Å². The molecule has 2 rings (SSSR count). The molecule has 0 aromatic carbocycles. The maximum atomic E-state index is 8.64. The Hall–Kier alpha value is -2.42. The maximum Gasteiger partial charge on any atom is 0.220 e. The van der Waals surface area contributed by atoms with Gasteiger partial charge in [-0.25, -0.2) is 15.0 Å². The molecule has 0 bridgehead atoms. The number of nitriles is 1. The molecule has 0 radical (unpaired) electrons. The fourth-order valence-corrected chi connectivity index (χ4v) is 1.14. The maximum absolute atomic E-state index is 8.64. The van der Waals surface area contributed by atoms with Gasteiger partial charge in [0.2, 0.25) is 5.95 Å². The van der Waals surface area contributed by atoms with E-state index in [1.165, 1.54) is 6.20 Å². The molecule has 2 heterocycles. The molecule has 0 amide bonds. The Morgan fingerprint density at radius 2 is 2.07 bits per heavy atom. The van der Waals surface area contributed by atoms with Crippen LogP contribution in [0.2, 0.25) is 0 Å². The molecule has 6 nitrogen and oxygen atoms in total. The number of hydrogen-bond donors (Lipinski definition) is 2. The van der Waals surface area contributed by atoms with Gasteiger partial charge in [0, 0.05) is 11.6 Å². The lowest BCUT2D eigenvalue weighted by Crippen LogP contribution is -2.00. The molecule has 14 heavy (non-hydrogen) atoms. The van der Waals surface area contributed by atoms with E-state index in [1.807, 2.05) is 6.07 Å². The van der Waals surface area contributed by atoms with Gasteiger partial charge in [0.15, 0.2) is 5.82 Å². The molecule has 0 unspecified atom stereocenters. The lowest BCUT2D eigenvalue weighted by molar-refractivity contribution is 1.21. The zero-order chi connectivity index (χ0) is 10.1. The number of anilines is 2. The third kappa shape index (κ3) is 1.17. The first kappa shape index (κ1) is 8.19. The summed E-state index contributed by atoms with van der Waals surface area (Å²) in [4.78, 5) is 11.5. The second-order valence-electron chi connectivity index (χ2n) is 2.67. The van der Waals surface area contributed by atoms with Crippen molar-refractivity contribution in [1.29, 1.82) is 5.26 Å². The highest BCUT2D eigenvalue weighted by atomic mass is 15.0. The van der Waals surface area contributed by atoms with Crippen molar-refractivity contribution in [3.8, 4) is 6.07 Å². The van der Waals surface area contributed by atoms with Gasteiger partial charge in [0.1, 0.15) is 17.3 Å². The Kier molecular flexibility index (Phi) is 1.65. The average molecular weight is 186 g/mol. The van der Waals surface area contributed by atoms with Gasteiger partial charge in [-0.3, -0.25) is 0 Å². The topological polar surface area (TPSA) is 114 Å². The van der Waals surface area contributed by atoms with Crippen LogP contribution in [0, 0.1) is 11.3 Å². The molecular formula is C8H6N6. The molecule has 4 N–H and O–H groups in total. The first-order valence-electron chi connectivity index (χ1n) is 3.79. The van der Waals surface area contributed by atoms with Crippen LogP contribution in [0.5, 0.6) is 0 Å². The van der Waals surface area contributed by atoms with Gasteiger partial charge in [-0.15, -0.1) is 0 Å². The van der Waals surface area contributed by atoms with Crippen molar-refractivity contribution < 1.29 is 0 Å². The second kappa shape index (κ2) is 2.81. The third-order valence-electron chi connectivity index (χ3n) is 1.73. The first-order chi connectivity index (χ1) is 6.70. The van der Waals surface area contributed by atoms with E-state index < -0.39 is 0 Å². The molecule has 6 heteroatoms. The standard InChI is InChI=1S/C8H6N6/c9-2-5-1-4-3-12-8(11)14-6(4)7(10)13-5/h1,3H,(H2,10,13)(H2,11,12,14). The smallest absolute Gasteiger partial charge is 0.220 e. The van der Waals surface area contributed by atoms with Crippen LogP contribution in [0.25, 0.3) is 10.9 Å². The van der Waals surface area contributed by atoms with Crippen molar-refractivity contribution in [2.24, 2.45) is 0 Å². The fourth-order valence-electron chi connectivity index (χ4n) is 1.14. The molecule has 0 fully saturated rings. The minimum absolute atomic E-state index is 0.135. The van der Waals surface area contributed by atoms with Gasteiger partial charge in [0.05, 0.1) is 0 Å². The van der Waals surface area contributed by atoms with Crippen LogP contribution in [-0.4, -0.2) is 15.0 Å². The highest BCUT2D eigenvalue weighted by Crippen LogP contribution is 2.17. The summed E-state index contributed by atoms with van der Waals surface area (Å²) < 4.78 is 0. The summed E-state index contributed by atoms with van der Waals surface area (Å²) in [5.41, 5.74) is 11.7. The van der Waals surface area contributed by atoms with E-state index in [9.17, 15) is 0 Å². The van der Waals surface area contributed by atoms with Crippen molar-refractivity contribution in [1.82, 2.24) is 15.0 Å². The van der Waals surface area contributed by atoms with E-state index in [1.54, 1.807) is 6.07 Å². The number of pyridine rings is 1. The molecule has 0 spiro atoms. The molecule has 0 aliphatic heterocycles. The predicted octanol–water partition coefficient (Wildman–Crippen LogP) is 0.0609. The van der Waals surface area contributed by atoms with Crippen molar-refractivity contribution in [3.05, 3.63) is 18.0 Å². The summed E-state index contributed by atoms with van der Waals surface area (Å²) >= 11 is 0. The number of aromatic nitrogens is 3. The monoisotopic (exact) mass is 186 g/mol. The molecule has 0 saturated carbocycles. The molecule has 68 valence electrons. The quantitative estimate of drug-likeness (QED) is 0.601. The summed E-state index contributed by atoms with van der Waals surface area (Å²) in [6.45, 7) is 0. The van der Waals surface area contributed by atoms with Crippen LogP contribution in [0.1, 0.15) is 5.69 Å². The summed E-state index contributed by atoms with van der Waals surface area (Å²) in [6.07, 6.45) is 1.51. The van der Waals surface area contributed by atoms with Gasteiger partial charge in [-0.05, 0) is 6.07 Å². The molecule has 0 aliphatic rings. The van der Waals surface area contributed by atoms with Crippen molar-refractivity contribution in [2.45, 2.75) is 0 Å². The SMILES string of the molecule is N#Cc1cc2cnc(N)nc2c(N)n1. The molecule has 0 atom stereocenters. The van der Waals surface area contributed by atoms with Crippen molar-refractivity contribution >= 4 is 22.7 Å². The van der Waals surface area contributed by atoms with Crippen molar-refractivity contribution in [3.63, 3.8) is 0 Å². The van der Waals surface area contributed by atoms with Gasteiger partial charge < -0.3 is 11.5 Å². The highest BCUT2D eigenvalue weighted by Gasteiger charge is 2.04. The molecule has 2 aromatic rings. The molecule has 2 aromatic heterocycles. The van der Waals surface area contributed by atoms with Crippen LogP contribution in [0.4, 0.5) is 11.8 Å². The van der Waals surface area contributed by atoms with Gasteiger partial charge in [-0.1, -0.05) is 0 Å². The third-order valence-corrected chi connectivity index (χ3v) is 1.73. The number of hydrogen-bond acceptors (Lipinski definition) is 6. The minimum Gasteiger partial charge on any atom is -0.382 e. The number of nitrogens with zero attached hydrogens (tertiary/aromatic N) is 4. The summed E-state index contributed by atoms with van der Waals surface area (Å²) in [6, 6.07) is 3.46. The normalized spacial score (nSPS) is 9.93. The van der Waals surface area contributed by atoms with E-state index in [4.69, 9.17) is 16.7 Å². The minimum atomic E-state index is 0.135. The Labute approximate surface area is 79.2 Å². The lowest BCUT2D eigenvalue weighted by Gasteiger charge is -2.00. The summed E-state index contributed by atoms with van der Waals surface area (Å²) in [5.74, 6) is 0.323. The fraction of sp³-hybridized carbons (Fsp3) is 0. The van der Waals surface area contributed by atoms with Gasteiger partial charge in [-0.2, -0.15) is 5.26 Å². The zero-order valence-electron chi connectivity index (χ0n) is 7.10. The van der Waals surface area contributed by atoms with Crippen LogP contribution in [0.15, 0.2) is 12.3 Å². The number of fused-ring (bicyclic) bond motifs is 1. The Morgan fingerprint density at radius 1 is 1.29 bits per heavy atom. The van der Waals surface area contributed by atoms with Gasteiger partial charge in [0.25, 0.3) is 0 Å². The largest absolute Gasteiger partial charge is 0.382 e. The van der Waals surface area contributed by atoms with E-state index in [0.29, 0.717) is 10.9 Å². The Morgan fingerprint density at radius 3 is 2.79 bits per heavy atom. The zero-order valence-corrected chi connectivity index (χ0v) is 7.10. The lowest BCUT2D eigenvalue weighted by atomic mass is 10.2. The first-order valence-corrected chi connectivity index (χ1v) is 3.79. The number of nitrogens with two attached hydrogens (primary N) is 2. The molecule has 0 aliphatic carbocycles. The highest BCUT2D eigenvalue weighted by molar-refractivity contribution is 5.87. The van der Waals surface area contributed by atoms with Crippen LogP contribution in [0.3, 0.4) is 0 Å². The predicted molar refractivity (Wildman–Crippen MR) is 50.9 cm³/mol. The summed E-state index contributed by atoms with van der Waals surface area (Å²) in [5, 5.41) is 9.30. The van der Waals surface area contributed by atoms with Gasteiger partial charge >= 0.3 is 0 Å². The van der Waals surface area contributed by atoms with Crippen LogP contribution >= 0.6 is 0 Å². The van der Waals surface area contributed by atoms with E-state index in [-0.39, 0.29) is 17.5 Å². The molecular weight excluding hydrogens is 180 g/mol. The average Bonchev–Trinajstić information content (AvgIpc) is 2.19. The number of nitrogen functional groups attached to an aromatic ring is 2. The van der Waals surface area contributed by atoms with Crippen LogP contribution < -0.4 is 11.5 Å². The number of rotatable bonds is 0. The molecule has 0 saturated heterocycles. The summed E-state index contributed by atoms with van der Waals surface area (Å²) in [7, 11) is 0. The van der Waals surface area contributed by atoms with E-state index in [0.717, 1.165) is 0 Å². The van der Waals surface area contributed by atoms with Crippen molar-refractivity contribution in [2.75, 3.05) is 11.5 Å².